The van der Waals surface area contributed by atoms with Crippen molar-refractivity contribution < 1.29 is 0 Å². The minimum absolute atomic E-state index is 0.211. The third kappa shape index (κ3) is 4.31. The maximum absolute atomic E-state index is 6.06. The van der Waals surface area contributed by atoms with Gasteiger partial charge in [0.25, 0.3) is 0 Å². The molecule has 1 atom stereocenters. The molecule has 0 radical (unpaired) electrons. The molecular formula is C18H23ClN2. The van der Waals surface area contributed by atoms with Gasteiger partial charge in [0.15, 0.2) is 0 Å². The maximum atomic E-state index is 6.06. The van der Waals surface area contributed by atoms with Crippen LogP contribution in [0.25, 0.3) is 0 Å². The number of hydrogen-bond acceptors (Lipinski definition) is 2. The first-order valence-corrected chi connectivity index (χ1v) is 7.60. The third-order valence-electron chi connectivity index (χ3n) is 3.71. The van der Waals surface area contributed by atoms with Crippen LogP contribution < -0.4 is 5.73 Å². The summed E-state index contributed by atoms with van der Waals surface area (Å²) in [5.74, 6) is 0. The molecular weight excluding hydrogens is 280 g/mol. The number of nitrogens with two attached hydrogens (primary N) is 1. The first-order valence-electron chi connectivity index (χ1n) is 7.22. The van der Waals surface area contributed by atoms with Crippen molar-refractivity contribution in [1.82, 2.24) is 4.90 Å². The molecule has 0 aliphatic heterocycles. The lowest BCUT2D eigenvalue weighted by Crippen LogP contribution is -2.30. The summed E-state index contributed by atoms with van der Waals surface area (Å²) in [4.78, 5) is 2.28. The summed E-state index contributed by atoms with van der Waals surface area (Å²) in [6, 6.07) is 14.8. The number of rotatable bonds is 5. The fourth-order valence-corrected chi connectivity index (χ4v) is 3.02. The number of benzene rings is 2. The van der Waals surface area contributed by atoms with E-state index in [0.29, 0.717) is 6.54 Å². The van der Waals surface area contributed by atoms with Gasteiger partial charge in [0, 0.05) is 24.2 Å². The Morgan fingerprint density at radius 1 is 1.10 bits per heavy atom. The number of halogens is 1. The van der Waals surface area contributed by atoms with E-state index in [1.165, 1.54) is 22.3 Å². The Morgan fingerprint density at radius 2 is 1.76 bits per heavy atom. The van der Waals surface area contributed by atoms with Gasteiger partial charge in [-0.05, 0) is 44.2 Å². The second kappa shape index (κ2) is 7.08. The molecule has 0 aliphatic carbocycles. The first-order chi connectivity index (χ1) is 9.99. The lowest BCUT2D eigenvalue weighted by Gasteiger charge is -2.28. The Hall–Kier alpha value is -1.35. The molecule has 2 nitrogen and oxygen atoms in total. The molecule has 21 heavy (non-hydrogen) atoms. The van der Waals surface area contributed by atoms with E-state index in [1.54, 1.807) is 0 Å². The van der Waals surface area contributed by atoms with Crippen LogP contribution in [0.5, 0.6) is 0 Å². The molecule has 0 spiro atoms. The molecule has 0 bridgehead atoms. The van der Waals surface area contributed by atoms with E-state index in [0.717, 1.165) is 11.6 Å². The van der Waals surface area contributed by atoms with Crippen molar-refractivity contribution in [3.8, 4) is 0 Å². The van der Waals surface area contributed by atoms with E-state index in [9.17, 15) is 0 Å². The summed E-state index contributed by atoms with van der Waals surface area (Å²) in [6.45, 7) is 5.68. The summed E-state index contributed by atoms with van der Waals surface area (Å²) in [7, 11) is 2.11. The summed E-state index contributed by atoms with van der Waals surface area (Å²) >= 11 is 6.06. The van der Waals surface area contributed by atoms with Gasteiger partial charge in [0.05, 0.1) is 0 Å². The quantitative estimate of drug-likeness (QED) is 0.901. The Bertz CT molecular complexity index is 590. The lowest BCUT2D eigenvalue weighted by atomic mass is 10.00. The van der Waals surface area contributed by atoms with Crippen molar-refractivity contribution in [1.29, 1.82) is 0 Å². The summed E-state index contributed by atoms with van der Waals surface area (Å²) < 4.78 is 0. The molecule has 0 heterocycles. The van der Waals surface area contributed by atoms with E-state index in [2.05, 4.69) is 50.1 Å². The molecule has 2 rings (SSSR count). The summed E-state index contributed by atoms with van der Waals surface area (Å²) in [6.07, 6.45) is 0. The highest BCUT2D eigenvalue weighted by atomic mass is 35.5. The van der Waals surface area contributed by atoms with E-state index < -0.39 is 0 Å². The second-order valence-electron chi connectivity index (χ2n) is 5.72. The fraction of sp³-hybridized carbons (Fsp3) is 0.333. The van der Waals surface area contributed by atoms with Gasteiger partial charge in [0.2, 0.25) is 0 Å². The van der Waals surface area contributed by atoms with Crippen LogP contribution in [0, 0.1) is 13.8 Å². The van der Waals surface area contributed by atoms with Crippen LogP contribution in [-0.2, 0) is 6.54 Å². The molecule has 0 aliphatic rings. The van der Waals surface area contributed by atoms with Crippen molar-refractivity contribution in [3.05, 3.63) is 69.7 Å². The van der Waals surface area contributed by atoms with E-state index in [1.807, 2.05) is 18.2 Å². The average molecular weight is 303 g/mol. The molecule has 1 unspecified atom stereocenters. The molecule has 0 aromatic heterocycles. The Labute approximate surface area is 132 Å². The van der Waals surface area contributed by atoms with E-state index in [-0.39, 0.29) is 6.04 Å². The van der Waals surface area contributed by atoms with Crippen molar-refractivity contribution in [3.63, 3.8) is 0 Å². The van der Waals surface area contributed by atoms with Crippen molar-refractivity contribution >= 4 is 11.6 Å². The largest absolute Gasteiger partial charge is 0.329 e. The molecule has 3 heteroatoms. The number of aryl methyl sites for hydroxylation is 2. The molecule has 0 saturated carbocycles. The fourth-order valence-electron chi connectivity index (χ4n) is 2.81. The van der Waals surface area contributed by atoms with Crippen LogP contribution in [0.3, 0.4) is 0 Å². The Balaban J connectivity index is 2.20. The minimum Gasteiger partial charge on any atom is -0.329 e. The predicted molar refractivity (Wildman–Crippen MR) is 90.6 cm³/mol. The highest BCUT2D eigenvalue weighted by molar-refractivity contribution is 6.30. The molecule has 2 aromatic carbocycles. The summed E-state index contributed by atoms with van der Waals surface area (Å²) in [5.41, 5.74) is 11.1. The lowest BCUT2D eigenvalue weighted by molar-refractivity contribution is 0.241. The van der Waals surface area contributed by atoms with Gasteiger partial charge in [-0.2, -0.15) is 0 Å². The van der Waals surface area contributed by atoms with Crippen LogP contribution in [0.1, 0.15) is 28.3 Å². The Kier molecular flexibility index (Phi) is 5.40. The zero-order valence-electron chi connectivity index (χ0n) is 12.9. The topological polar surface area (TPSA) is 29.3 Å². The normalized spacial score (nSPS) is 12.7. The number of nitrogens with zero attached hydrogens (tertiary/aromatic N) is 1. The minimum atomic E-state index is 0.211. The molecule has 112 valence electrons. The number of hydrogen-bond donors (Lipinski definition) is 1. The van der Waals surface area contributed by atoms with E-state index in [4.69, 9.17) is 17.3 Å². The van der Waals surface area contributed by atoms with E-state index >= 15 is 0 Å². The SMILES string of the molecule is Cc1cc(C)cc(C(CN)N(C)Cc2cccc(Cl)c2)c1. The van der Waals surface area contributed by atoms with Gasteiger partial charge < -0.3 is 5.73 Å². The smallest absolute Gasteiger partial charge is 0.0471 e. The molecule has 0 fully saturated rings. The molecule has 0 saturated heterocycles. The summed E-state index contributed by atoms with van der Waals surface area (Å²) in [5, 5.41) is 0.775. The van der Waals surface area contributed by atoms with Crippen LogP contribution in [0.4, 0.5) is 0 Å². The zero-order chi connectivity index (χ0) is 15.4. The van der Waals surface area contributed by atoms with Crippen LogP contribution in [0.2, 0.25) is 5.02 Å². The van der Waals surface area contributed by atoms with Gasteiger partial charge in [-0.25, -0.2) is 0 Å². The van der Waals surface area contributed by atoms with Crippen LogP contribution in [-0.4, -0.2) is 18.5 Å². The molecule has 2 N–H and O–H groups in total. The molecule has 2 aromatic rings. The maximum Gasteiger partial charge on any atom is 0.0471 e. The Morgan fingerprint density at radius 3 is 2.33 bits per heavy atom. The van der Waals surface area contributed by atoms with Crippen molar-refractivity contribution in [2.24, 2.45) is 5.73 Å². The molecule has 0 amide bonds. The van der Waals surface area contributed by atoms with Gasteiger partial charge in [-0.1, -0.05) is 53.1 Å². The van der Waals surface area contributed by atoms with Gasteiger partial charge in [-0.3, -0.25) is 4.90 Å². The van der Waals surface area contributed by atoms with Crippen molar-refractivity contribution in [2.45, 2.75) is 26.4 Å². The van der Waals surface area contributed by atoms with Gasteiger partial charge in [-0.15, -0.1) is 0 Å². The van der Waals surface area contributed by atoms with Crippen LogP contribution in [0.15, 0.2) is 42.5 Å². The second-order valence-corrected chi connectivity index (χ2v) is 6.15. The van der Waals surface area contributed by atoms with Crippen LogP contribution >= 0.6 is 11.6 Å². The number of likely N-dealkylation sites (N-methyl/N-ethyl adjacent to an activating group) is 1. The van der Waals surface area contributed by atoms with Gasteiger partial charge in [0.1, 0.15) is 0 Å². The zero-order valence-corrected chi connectivity index (χ0v) is 13.7. The average Bonchev–Trinajstić information content (AvgIpc) is 2.38. The monoisotopic (exact) mass is 302 g/mol. The predicted octanol–water partition coefficient (Wildman–Crippen LogP) is 4.09. The highest BCUT2D eigenvalue weighted by Gasteiger charge is 2.16. The van der Waals surface area contributed by atoms with Gasteiger partial charge >= 0.3 is 0 Å². The third-order valence-corrected chi connectivity index (χ3v) is 3.94. The highest BCUT2D eigenvalue weighted by Crippen LogP contribution is 2.23. The van der Waals surface area contributed by atoms with Crippen molar-refractivity contribution in [2.75, 3.05) is 13.6 Å². The first kappa shape index (κ1) is 16.0. The standard InChI is InChI=1S/C18H23ClN2/c1-13-7-14(2)9-16(8-13)18(11-20)21(3)12-15-5-4-6-17(19)10-15/h4-10,18H,11-12,20H2,1-3H3.